The molecule has 7 nitrogen and oxygen atoms in total. The number of hydrogen-bond donors (Lipinski definition) is 2. The lowest BCUT2D eigenvalue weighted by Crippen LogP contribution is -2.58. The van der Waals surface area contributed by atoms with Gasteiger partial charge in [-0.15, -0.1) is 0 Å². The van der Waals surface area contributed by atoms with Crippen LogP contribution in [-0.2, 0) is 4.79 Å². The Labute approximate surface area is 239 Å². The number of nitrogens with one attached hydrogen (secondary N) is 1. The second-order valence-corrected chi connectivity index (χ2v) is 12.8. The van der Waals surface area contributed by atoms with Crippen molar-refractivity contribution in [2.45, 2.75) is 51.6 Å². The summed E-state index contributed by atoms with van der Waals surface area (Å²) in [7, 11) is 0. The summed E-state index contributed by atoms with van der Waals surface area (Å²) in [6.07, 6.45) is 3.97. The molecule has 2 N–H and O–H groups in total. The smallest absolute Gasteiger partial charge is 0.309 e. The van der Waals surface area contributed by atoms with E-state index in [-0.39, 0.29) is 6.04 Å². The average Bonchev–Trinajstić information content (AvgIpc) is 2.86. The van der Waals surface area contributed by atoms with Gasteiger partial charge in [0.2, 0.25) is 5.95 Å². The first-order valence-electron chi connectivity index (χ1n) is 13.9. The van der Waals surface area contributed by atoms with Gasteiger partial charge in [-0.1, -0.05) is 41.4 Å². The minimum atomic E-state index is -0.656. The molecule has 206 valence electrons. The van der Waals surface area contributed by atoms with Crippen molar-refractivity contribution in [3.05, 3.63) is 58.1 Å². The molecule has 1 saturated carbocycles. The Kier molecular flexibility index (Phi) is 7.11. The van der Waals surface area contributed by atoms with Gasteiger partial charge in [-0.25, -0.2) is 4.98 Å². The fourth-order valence-corrected chi connectivity index (χ4v) is 7.17. The van der Waals surface area contributed by atoms with Crippen LogP contribution in [0.3, 0.4) is 0 Å². The molecule has 2 atom stereocenters. The predicted molar refractivity (Wildman–Crippen MR) is 157 cm³/mol. The Morgan fingerprint density at radius 2 is 1.87 bits per heavy atom. The summed E-state index contributed by atoms with van der Waals surface area (Å²) in [4.78, 5) is 26.3. The number of fused-ring (bicyclic) bond motifs is 1. The lowest BCUT2D eigenvalue weighted by atomic mass is 9.65. The standard InChI is InChI=1S/C30H35Cl2N5O2/c1-18(23-10-9-21(31)12-25(23)32)33-27-24-7-3-4-8-26(24)34-29(35-27)37-16-20(17-37)19-6-5-11-36(15-19)22-13-30(2,14-22)28(38)39/h3-4,7-10,12,18-20,22H,5-6,11,13-17H2,1-2H3,(H,38,39)(H,33,34,35)/t18-,19+,22-,30-/m1/s1. The molecule has 0 amide bonds. The van der Waals surface area contributed by atoms with E-state index >= 15 is 0 Å². The van der Waals surface area contributed by atoms with E-state index in [9.17, 15) is 9.90 Å². The van der Waals surface area contributed by atoms with Crippen molar-refractivity contribution in [3.8, 4) is 0 Å². The highest BCUT2D eigenvalue weighted by Crippen LogP contribution is 2.45. The highest BCUT2D eigenvalue weighted by molar-refractivity contribution is 6.35. The third-order valence-electron chi connectivity index (χ3n) is 9.13. The minimum absolute atomic E-state index is 0.0622. The summed E-state index contributed by atoms with van der Waals surface area (Å²) >= 11 is 12.6. The zero-order valence-corrected chi connectivity index (χ0v) is 23.9. The number of halogens is 2. The Morgan fingerprint density at radius 3 is 2.62 bits per heavy atom. The molecule has 1 aromatic heterocycles. The fraction of sp³-hybridized carbons (Fsp3) is 0.500. The molecule has 2 aliphatic heterocycles. The van der Waals surface area contributed by atoms with Crippen molar-refractivity contribution in [2.75, 3.05) is 36.4 Å². The first-order chi connectivity index (χ1) is 18.7. The van der Waals surface area contributed by atoms with E-state index in [4.69, 9.17) is 33.2 Å². The van der Waals surface area contributed by atoms with Gasteiger partial charge in [-0.2, -0.15) is 4.98 Å². The predicted octanol–water partition coefficient (Wildman–Crippen LogP) is 6.51. The van der Waals surface area contributed by atoms with Crippen LogP contribution in [0.15, 0.2) is 42.5 Å². The second-order valence-electron chi connectivity index (χ2n) is 11.9. The molecule has 6 rings (SSSR count). The van der Waals surface area contributed by atoms with Gasteiger partial charge in [0.1, 0.15) is 5.82 Å². The number of likely N-dealkylation sites (tertiary alicyclic amines) is 1. The monoisotopic (exact) mass is 567 g/mol. The maximum atomic E-state index is 11.5. The highest BCUT2D eigenvalue weighted by Gasteiger charge is 2.49. The minimum Gasteiger partial charge on any atom is -0.481 e. The van der Waals surface area contributed by atoms with E-state index in [2.05, 4.69) is 22.0 Å². The van der Waals surface area contributed by atoms with Gasteiger partial charge in [0, 0.05) is 41.1 Å². The largest absolute Gasteiger partial charge is 0.481 e. The summed E-state index contributed by atoms with van der Waals surface area (Å²) in [6, 6.07) is 14.0. The van der Waals surface area contributed by atoms with Crippen molar-refractivity contribution in [2.24, 2.45) is 17.3 Å². The van der Waals surface area contributed by atoms with Gasteiger partial charge in [0.05, 0.1) is 17.0 Å². The lowest BCUT2D eigenvalue weighted by molar-refractivity contribution is -0.158. The number of piperidine rings is 1. The molecule has 3 heterocycles. The normalized spacial score (nSPS) is 26.6. The molecule has 0 radical (unpaired) electrons. The number of hydrogen-bond acceptors (Lipinski definition) is 6. The van der Waals surface area contributed by atoms with Crippen molar-refractivity contribution in [1.82, 2.24) is 14.9 Å². The Hall–Kier alpha value is -2.61. The van der Waals surface area contributed by atoms with E-state index in [1.165, 1.54) is 12.8 Å². The number of rotatable bonds is 7. The van der Waals surface area contributed by atoms with Crippen molar-refractivity contribution < 1.29 is 9.90 Å². The highest BCUT2D eigenvalue weighted by atomic mass is 35.5. The second kappa shape index (κ2) is 10.4. The number of carbonyl (C=O) groups is 1. The molecule has 0 unspecified atom stereocenters. The quantitative estimate of drug-likeness (QED) is 0.336. The number of carboxylic acid groups (broad SMARTS) is 1. The average molecular weight is 569 g/mol. The van der Waals surface area contributed by atoms with E-state index in [1.807, 2.05) is 43.3 Å². The molecule has 3 fully saturated rings. The number of anilines is 2. The number of aliphatic carboxylic acids is 1. The SMILES string of the molecule is C[C@@H](Nc1nc(N2CC([C@H]3CCCN([C@H]4C[C@](C)(C(=O)O)C4)C3)C2)nc2ccccc12)c1ccc(Cl)cc1Cl. The van der Waals surface area contributed by atoms with Gasteiger partial charge < -0.3 is 20.2 Å². The van der Waals surface area contributed by atoms with Crippen molar-refractivity contribution in [3.63, 3.8) is 0 Å². The maximum absolute atomic E-state index is 11.5. The molecule has 0 spiro atoms. The van der Waals surface area contributed by atoms with Crippen LogP contribution in [0.1, 0.15) is 51.1 Å². The first kappa shape index (κ1) is 26.6. The number of nitrogens with zero attached hydrogens (tertiary/aromatic N) is 4. The van der Waals surface area contributed by atoms with Gasteiger partial charge in [0.25, 0.3) is 0 Å². The molecular weight excluding hydrogens is 533 g/mol. The Bertz CT molecular complexity index is 1390. The van der Waals surface area contributed by atoms with Crippen LogP contribution in [0.25, 0.3) is 10.9 Å². The van der Waals surface area contributed by atoms with Gasteiger partial charge in [-0.05, 0) is 87.7 Å². The van der Waals surface area contributed by atoms with Gasteiger partial charge in [0.15, 0.2) is 0 Å². The molecule has 1 aliphatic carbocycles. The van der Waals surface area contributed by atoms with Crippen LogP contribution in [0.5, 0.6) is 0 Å². The zero-order chi connectivity index (χ0) is 27.3. The summed E-state index contributed by atoms with van der Waals surface area (Å²) < 4.78 is 0. The molecule has 3 aromatic rings. The van der Waals surface area contributed by atoms with Crippen LogP contribution in [0.4, 0.5) is 11.8 Å². The first-order valence-corrected chi connectivity index (χ1v) is 14.7. The van der Waals surface area contributed by atoms with E-state index in [0.717, 1.165) is 67.3 Å². The van der Waals surface area contributed by atoms with E-state index in [0.29, 0.717) is 27.9 Å². The van der Waals surface area contributed by atoms with Gasteiger partial charge in [-0.3, -0.25) is 4.79 Å². The van der Waals surface area contributed by atoms with Crippen LogP contribution in [-0.4, -0.2) is 58.2 Å². The zero-order valence-electron chi connectivity index (χ0n) is 22.4. The van der Waals surface area contributed by atoms with Crippen LogP contribution >= 0.6 is 23.2 Å². The molecule has 2 saturated heterocycles. The Morgan fingerprint density at radius 1 is 1.10 bits per heavy atom. The van der Waals surface area contributed by atoms with Crippen molar-refractivity contribution in [1.29, 1.82) is 0 Å². The maximum Gasteiger partial charge on any atom is 0.309 e. The molecular formula is C30H35Cl2N5O2. The summed E-state index contributed by atoms with van der Waals surface area (Å²) in [6.45, 7) is 8.02. The summed E-state index contributed by atoms with van der Waals surface area (Å²) in [5, 5.41) is 15.3. The number of benzene rings is 2. The molecule has 9 heteroatoms. The molecule has 3 aliphatic rings. The fourth-order valence-electron chi connectivity index (χ4n) is 6.60. The topological polar surface area (TPSA) is 81.6 Å². The molecule has 0 bridgehead atoms. The number of carboxylic acids is 1. The lowest BCUT2D eigenvalue weighted by Gasteiger charge is -2.52. The van der Waals surface area contributed by atoms with E-state index < -0.39 is 11.4 Å². The molecule has 2 aromatic carbocycles. The summed E-state index contributed by atoms with van der Waals surface area (Å²) in [5.74, 6) is 2.14. The van der Waals surface area contributed by atoms with Crippen LogP contribution in [0, 0.1) is 17.3 Å². The summed E-state index contributed by atoms with van der Waals surface area (Å²) in [5.41, 5.74) is 1.34. The number of para-hydroxylation sites is 1. The third kappa shape index (κ3) is 5.17. The van der Waals surface area contributed by atoms with Gasteiger partial charge >= 0.3 is 5.97 Å². The van der Waals surface area contributed by atoms with Crippen molar-refractivity contribution >= 4 is 51.8 Å². The van der Waals surface area contributed by atoms with Crippen LogP contribution in [0.2, 0.25) is 10.0 Å². The Balaban J connectivity index is 1.14. The molecule has 39 heavy (non-hydrogen) atoms. The number of aromatic nitrogens is 2. The van der Waals surface area contributed by atoms with Crippen LogP contribution < -0.4 is 10.2 Å². The van der Waals surface area contributed by atoms with E-state index in [1.54, 1.807) is 6.07 Å². The third-order valence-corrected chi connectivity index (χ3v) is 9.69.